The number of nitrogens with zero attached hydrogens (tertiary/aromatic N) is 1. The van der Waals surface area contributed by atoms with Crippen LogP contribution in [0.15, 0.2) is 42.5 Å². The van der Waals surface area contributed by atoms with Crippen LogP contribution < -0.4 is 14.8 Å². The standard InChI is InChI=1S/C29H39ClN2O5S/c1-6-7-8-19-32(38(5,34)35)28(22(2)3)29(33)31-18-17-24-13-16-26(27(21-24)36-4)37-20-9-10-23-11-14-25(30)15-12-23/h11-16,21-22,28H,6-8,17-20H2,1-5H3,(H,31,33)/t28-/m0/s1. The number of nitrogens with one attached hydrogen (secondary N) is 1. The molecule has 0 aromatic heterocycles. The summed E-state index contributed by atoms with van der Waals surface area (Å²) in [5, 5.41) is 3.59. The molecule has 0 fully saturated rings. The van der Waals surface area contributed by atoms with Crippen LogP contribution in [-0.2, 0) is 21.2 Å². The third-order valence-corrected chi connectivity index (χ3v) is 7.45. The maximum Gasteiger partial charge on any atom is 0.238 e. The van der Waals surface area contributed by atoms with Gasteiger partial charge in [0.05, 0.1) is 13.4 Å². The van der Waals surface area contributed by atoms with Gasteiger partial charge < -0.3 is 14.8 Å². The van der Waals surface area contributed by atoms with Crippen LogP contribution in [0.25, 0.3) is 0 Å². The van der Waals surface area contributed by atoms with Crippen LogP contribution in [0.4, 0.5) is 0 Å². The summed E-state index contributed by atoms with van der Waals surface area (Å²) in [5.74, 6) is 6.69. The van der Waals surface area contributed by atoms with E-state index in [1.165, 1.54) is 10.6 Å². The average molecular weight is 563 g/mol. The molecule has 1 amide bonds. The number of hydrogen-bond acceptors (Lipinski definition) is 5. The van der Waals surface area contributed by atoms with Gasteiger partial charge in [0.15, 0.2) is 11.5 Å². The Kier molecular flexibility index (Phi) is 12.9. The van der Waals surface area contributed by atoms with E-state index >= 15 is 0 Å². The van der Waals surface area contributed by atoms with Gasteiger partial charge in [-0.2, -0.15) is 4.31 Å². The molecule has 0 aliphatic heterocycles. The molecule has 0 bridgehead atoms. The quantitative estimate of drug-likeness (QED) is 0.261. The lowest BCUT2D eigenvalue weighted by Crippen LogP contribution is -2.52. The van der Waals surface area contributed by atoms with Gasteiger partial charge in [0.2, 0.25) is 15.9 Å². The number of amides is 1. The zero-order valence-corrected chi connectivity index (χ0v) is 24.5. The van der Waals surface area contributed by atoms with Gasteiger partial charge >= 0.3 is 0 Å². The smallest absolute Gasteiger partial charge is 0.238 e. The van der Waals surface area contributed by atoms with Crippen molar-refractivity contribution >= 4 is 27.5 Å². The molecular weight excluding hydrogens is 524 g/mol. The molecule has 2 aromatic rings. The minimum Gasteiger partial charge on any atom is -0.493 e. The van der Waals surface area contributed by atoms with Crippen molar-refractivity contribution in [1.29, 1.82) is 0 Å². The predicted octanol–water partition coefficient (Wildman–Crippen LogP) is 4.91. The number of carbonyl (C=O) groups is 1. The largest absolute Gasteiger partial charge is 0.493 e. The maximum atomic E-state index is 13.1. The van der Waals surface area contributed by atoms with Crippen molar-refractivity contribution in [3.63, 3.8) is 0 Å². The average Bonchev–Trinajstić information content (AvgIpc) is 2.86. The Morgan fingerprint density at radius 1 is 1.11 bits per heavy atom. The highest BCUT2D eigenvalue weighted by atomic mass is 35.5. The minimum absolute atomic E-state index is 0.161. The van der Waals surface area contributed by atoms with E-state index < -0.39 is 16.1 Å². The van der Waals surface area contributed by atoms with Gasteiger partial charge in [-0.3, -0.25) is 4.79 Å². The lowest BCUT2D eigenvalue weighted by atomic mass is 10.0. The van der Waals surface area contributed by atoms with Crippen LogP contribution in [0.1, 0.15) is 51.2 Å². The first-order valence-electron chi connectivity index (χ1n) is 12.9. The van der Waals surface area contributed by atoms with Crippen molar-refractivity contribution in [2.75, 3.05) is 33.1 Å². The fourth-order valence-electron chi connectivity index (χ4n) is 4.00. The lowest BCUT2D eigenvalue weighted by Gasteiger charge is -2.31. The monoisotopic (exact) mass is 562 g/mol. The molecule has 38 heavy (non-hydrogen) atoms. The summed E-state index contributed by atoms with van der Waals surface area (Å²) in [5.41, 5.74) is 1.80. The number of ether oxygens (including phenoxy) is 2. The molecule has 0 saturated heterocycles. The van der Waals surface area contributed by atoms with Gasteiger partial charge in [-0.15, -0.1) is 0 Å². The summed E-state index contributed by atoms with van der Waals surface area (Å²) in [4.78, 5) is 13.1. The van der Waals surface area contributed by atoms with Crippen molar-refractivity contribution in [1.82, 2.24) is 9.62 Å². The van der Waals surface area contributed by atoms with Crippen LogP contribution in [-0.4, -0.2) is 57.7 Å². The van der Waals surface area contributed by atoms with Crippen LogP contribution in [0.3, 0.4) is 0 Å². The third kappa shape index (κ3) is 10.2. The highest BCUT2D eigenvalue weighted by Crippen LogP contribution is 2.28. The molecule has 9 heteroatoms. The first kappa shape index (κ1) is 31.5. The molecule has 0 radical (unpaired) electrons. The van der Waals surface area contributed by atoms with Crippen molar-refractivity contribution in [2.45, 2.75) is 52.5 Å². The van der Waals surface area contributed by atoms with Crippen molar-refractivity contribution in [3.05, 3.63) is 58.6 Å². The van der Waals surface area contributed by atoms with Crippen LogP contribution in [0.2, 0.25) is 5.02 Å². The molecule has 0 heterocycles. The van der Waals surface area contributed by atoms with Crippen LogP contribution in [0.5, 0.6) is 11.5 Å². The Hall–Kier alpha value is -2.73. The summed E-state index contributed by atoms with van der Waals surface area (Å²) in [6.45, 7) is 6.69. The Morgan fingerprint density at radius 2 is 1.82 bits per heavy atom. The van der Waals surface area contributed by atoms with Gasteiger partial charge in [-0.25, -0.2) is 8.42 Å². The molecule has 0 unspecified atom stereocenters. The number of halogens is 1. The fraction of sp³-hybridized carbons (Fsp3) is 0.483. The number of sulfonamides is 1. The number of rotatable bonds is 14. The van der Waals surface area contributed by atoms with E-state index in [1.807, 2.05) is 44.2 Å². The van der Waals surface area contributed by atoms with Gasteiger partial charge in [-0.1, -0.05) is 63.1 Å². The minimum atomic E-state index is -3.53. The second-order valence-corrected chi connectivity index (χ2v) is 11.8. The zero-order chi connectivity index (χ0) is 28.1. The third-order valence-electron chi connectivity index (χ3n) is 5.94. The number of carbonyl (C=O) groups excluding carboxylic acids is 1. The first-order chi connectivity index (χ1) is 18.1. The van der Waals surface area contributed by atoms with E-state index in [2.05, 4.69) is 24.1 Å². The molecule has 0 saturated carbocycles. The van der Waals surface area contributed by atoms with Crippen LogP contribution >= 0.6 is 11.6 Å². The molecule has 1 N–H and O–H groups in total. The van der Waals surface area contributed by atoms with E-state index in [9.17, 15) is 13.2 Å². The molecule has 0 aliphatic carbocycles. The molecule has 0 aliphatic rings. The zero-order valence-electron chi connectivity index (χ0n) is 22.9. The second kappa shape index (κ2) is 15.6. The maximum absolute atomic E-state index is 13.1. The normalized spacial score (nSPS) is 12.1. The highest BCUT2D eigenvalue weighted by Gasteiger charge is 2.34. The first-order valence-corrected chi connectivity index (χ1v) is 15.1. The van der Waals surface area contributed by atoms with Crippen molar-refractivity contribution in [2.24, 2.45) is 5.92 Å². The number of hydrogen-bond donors (Lipinski definition) is 1. The number of benzene rings is 2. The van der Waals surface area contributed by atoms with Crippen molar-refractivity contribution < 1.29 is 22.7 Å². The molecule has 7 nitrogen and oxygen atoms in total. The summed E-state index contributed by atoms with van der Waals surface area (Å²) in [6.07, 6.45) is 4.33. The fourth-order valence-corrected chi connectivity index (χ4v) is 5.34. The summed E-state index contributed by atoms with van der Waals surface area (Å²) < 4.78 is 37.5. The van der Waals surface area contributed by atoms with Crippen LogP contribution in [0, 0.1) is 17.8 Å². The lowest BCUT2D eigenvalue weighted by molar-refractivity contribution is -0.126. The van der Waals surface area contributed by atoms with Gasteiger partial charge in [-0.05, 0) is 60.7 Å². The molecular formula is C29H39ClN2O5S. The topological polar surface area (TPSA) is 84.9 Å². The van der Waals surface area contributed by atoms with E-state index in [1.54, 1.807) is 19.2 Å². The van der Waals surface area contributed by atoms with Gasteiger partial charge in [0.1, 0.15) is 12.6 Å². The predicted molar refractivity (Wildman–Crippen MR) is 153 cm³/mol. The summed E-state index contributed by atoms with van der Waals surface area (Å²) in [7, 11) is -1.96. The second-order valence-electron chi connectivity index (χ2n) is 9.39. The molecule has 2 rings (SSSR count). The summed E-state index contributed by atoms with van der Waals surface area (Å²) in [6, 6.07) is 12.1. The Balaban J connectivity index is 1.97. The van der Waals surface area contributed by atoms with E-state index in [-0.39, 0.29) is 18.4 Å². The molecule has 1 atom stereocenters. The highest BCUT2D eigenvalue weighted by molar-refractivity contribution is 7.88. The SMILES string of the molecule is CCCCCN([C@H](C(=O)NCCc1ccc(OCC#Cc2ccc(Cl)cc2)c(OC)c1)C(C)C)S(C)(=O)=O. The van der Waals surface area contributed by atoms with E-state index in [0.717, 1.165) is 30.4 Å². The van der Waals surface area contributed by atoms with Gasteiger partial charge in [0.25, 0.3) is 0 Å². The Morgan fingerprint density at radius 3 is 2.42 bits per heavy atom. The van der Waals surface area contributed by atoms with E-state index in [0.29, 0.717) is 36.0 Å². The van der Waals surface area contributed by atoms with Crippen molar-refractivity contribution in [3.8, 4) is 23.3 Å². The molecule has 208 valence electrons. The van der Waals surface area contributed by atoms with Gasteiger partial charge in [0, 0.05) is 23.7 Å². The molecule has 0 spiro atoms. The summed E-state index contributed by atoms with van der Waals surface area (Å²) >= 11 is 5.89. The number of unbranched alkanes of at least 4 members (excludes halogenated alkanes) is 2. The van der Waals surface area contributed by atoms with E-state index in [4.69, 9.17) is 21.1 Å². The Labute approximate surface area is 232 Å². The Bertz CT molecular complexity index is 1200. The number of methoxy groups -OCH3 is 1. The molecule has 2 aromatic carbocycles.